The van der Waals surface area contributed by atoms with Gasteiger partial charge in [0.05, 0.1) is 5.69 Å². The lowest BCUT2D eigenvalue weighted by atomic mass is 9.98. The molecular formula is C27H24N6O2. The van der Waals surface area contributed by atoms with E-state index in [1.807, 2.05) is 68.5 Å². The molecule has 0 amide bonds. The molecule has 5 aromatic rings. The quantitative estimate of drug-likeness (QED) is 0.404. The molecule has 0 fully saturated rings. The minimum atomic E-state index is 0.0798. The summed E-state index contributed by atoms with van der Waals surface area (Å²) in [6.07, 6.45) is 6.14. The second-order valence-electron chi connectivity index (χ2n) is 9.00. The molecule has 8 heteroatoms. The minimum absolute atomic E-state index is 0.0798. The van der Waals surface area contributed by atoms with Crippen molar-refractivity contribution < 1.29 is 10.2 Å². The predicted octanol–water partition coefficient (Wildman–Crippen LogP) is 4.58. The maximum atomic E-state index is 11.2. The summed E-state index contributed by atoms with van der Waals surface area (Å²) in [5.74, 6) is 0.175. The van der Waals surface area contributed by atoms with Crippen molar-refractivity contribution in [1.82, 2.24) is 30.0 Å². The number of aryl methyl sites for hydroxylation is 3. The monoisotopic (exact) mass is 464 g/mol. The molecule has 0 radical (unpaired) electrons. The fraction of sp³-hybridized carbons (Fsp3) is 0.185. The van der Waals surface area contributed by atoms with Crippen molar-refractivity contribution >= 4 is 17.1 Å². The molecule has 1 aliphatic rings. The molecule has 8 nitrogen and oxygen atoms in total. The number of aromatic hydroxyl groups is 2. The zero-order valence-corrected chi connectivity index (χ0v) is 19.5. The third-order valence-corrected chi connectivity index (χ3v) is 6.26. The number of phenols is 2. The van der Waals surface area contributed by atoms with Gasteiger partial charge in [0.25, 0.3) is 0 Å². The SMILES string of the molecule is Cc1cc(Cc2cc(C)cc(-n3nc4ccccc4n3)c2O)c(O)c(-n2nc3c(n2)CCC=C3)c1. The van der Waals surface area contributed by atoms with E-state index in [1.165, 1.54) is 9.59 Å². The van der Waals surface area contributed by atoms with E-state index in [9.17, 15) is 10.2 Å². The van der Waals surface area contributed by atoms with E-state index >= 15 is 0 Å². The van der Waals surface area contributed by atoms with Crippen LogP contribution < -0.4 is 0 Å². The van der Waals surface area contributed by atoms with Crippen LogP contribution in [0.25, 0.3) is 28.5 Å². The van der Waals surface area contributed by atoms with Crippen LogP contribution in [0.3, 0.4) is 0 Å². The Kier molecular flexibility index (Phi) is 4.88. The Hall–Kier alpha value is -4.46. The lowest BCUT2D eigenvalue weighted by Crippen LogP contribution is -2.04. The van der Waals surface area contributed by atoms with Gasteiger partial charge in [0.2, 0.25) is 0 Å². The molecule has 0 bridgehead atoms. The molecule has 2 aromatic heterocycles. The summed E-state index contributed by atoms with van der Waals surface area (Å²) in [4.78, 5) is 2.97. The third-order valence-electron chi connectivity index (χ3n) is 6.26. The van der Waals surface area contributed by atoms with E-state index in [4.69, 9.17) is 0 Å². The molecule has 6 rings (SSSR count). The van der Waals surface area contributed by atoms with Crippen LogP contribution in [0.5, 0.6) is 11.5 Å². The number of fused-ring (bicyclic) bond motifs is 2. The Bertz CT molecular complexity index is 1600. The number of benzene rings is 3. The van der Waals surface area contributed by atoms with Gasteiger partial charge in [-0.2, -0.15) is 5.10 Å². The Morgan fingerprint density at radius 1 is 0.771 bits per heavy atom. The van der Waals surface area contributed by atoms with E-state index in [-0.39, 0.29) is 11.5 Å². The summed E-state index contributed by atoms with van der Waals surface area (Å²) >= 11 is 0. The van der Waals surface area contributed by atoms with Gasteiger partial charge in [0.1, 0.15) is 39.6 Å². The Labute approximate surface area is 201 Å². The van der Waals surface area contributed by atoms with E-state index < -0.39 is 0 Å². The highest BCUT2D eigenvalue weighted by Crippen LogP contribution is 2.34. The molecule has 0 aliphatic heterocycles. The molecule has 0 atom stereocenters. The van der Waals surface area contributed by atoms with Gasteiger partial charge in [-0.05, 0) is 68.2 Å². The van der Waals surface area contributed by atoms with Gasteiger partial charge in [-0.25, -0.2) is 0 Å². The lowest BCUT2D eigenvalue weighted by molar-refractivity contribution is 0.455. The van der Waals surface area contributed by atoms with Crippen molar-refractivity contribution in [3.63, 3.8) is 0 Å². The first-order chi connectivity index (χ1) is 17.0. The van der Waals surface area contributed by atoms with Crippen LogP contribution in [-0.4, -0.2) is 40.2 Å². The second-order valence-corrected chi connectivity index (χ2v) is 9.00. The normalized spacial score (nSPS) is 12.9. The first kappa shape index (κ1) is 21.1. The largest absolute Gasteiger partial charge is 0.505 e. The average molecular weight is 465 g/mol. The molecule has 0 unspecified atom stereocenters. The lowest BCUT2D eigenvalue weighted by Gasteiger charge is -2.14. The summed E-state index contributed by atoms with van der Waals surface area (Å²) in [5, 5.41) is 40.6. The molecular weight excluding hydrogens is 440 g/mol. The topological polar surface area (TPSA) is 102 Å². The predicted molar refractivity (Wildman–Crippen MR) is 133 cm³/mol. The van der Waals surface area contributed by atoms with Gasteiger partial charge >= 0.3 is 0 Å². The highest BCUT2D eigenvalue weighted by Gasteiger charge is 2.19. The van der Waals surface area contributed by atoms with E-state index in [2.05, 4.69) is 26.5 Å². The number of phenolic OH excluding ortho intramolecular Hbond substituents is 2. The number of rotatable bonds is 4. The zero-order chi connectivity index (χ0) is 24.1. The fourth-order valence-corrected chi connectivity index (χ4v) is 4.59. The van der Waals surface area contributed by atoms with Gasteiger partial charge in [0, 0.05) is 17.5 Å². The summed E-state index contributed by atoms with van der Waals surface area (Å²) in [6.45, 7) is 3.93. The molecule has 2 heterocycles. The van der Waals surface area contributed by atoms with Crippen molar-refractivity contribution in [2.75, 3.05) is 0 Å². The first-order valence-electron chi connectivity index (χ1n) is 11.6. The Morgan fingerprint density at radius 2 is 1.34 bits per heavy atom. The number of nitrogens with zero attached hydrogens (tertiary/aromatic N) is 6. The van der Waals surface area contributed by atoms with Crippen LogP contribution in [0.1, 0.15) is 40.1 Å². The van der Waals surface area contributed by atoms with Crippen LogP contribution in [0, 0.1) is 13.8 Å². The van der Waals surface area contributed by atoms with Crippen LogP contribution in [0.2, 0.25) is 0 Å². The Balaban J connectivity index is 1.41. The van der Waals surface area contributed by atoms with Crippen LogP contribution in [0.4, 0.5) is 0 Å². The van der Waals surface area contributed by atoms with Gasteiger partial charge in [-0.1, -0.05) is 30.3 Å². The van der Waals surface area contributed by atoms with Crippen LogP contribution >= 0.6 is 0 Å². The van der Waals surface area contributed by atoms with Gasteiger partial charge in [0.15, 0.2) is 0 Å². The standard InChI is InChI=1S/C27H24N6O2/c1-16-11-18(26(34)24(13-16)32-28-20-7-3-4-8-21(20)29-32)15-19-12-17(2)14-25(27(19)35)33-30-22-9-5-6-10-23(22)31-33/h3-5,7-9,11-14,34-35H,6,10,15H2,1-2H3. The second kappa shape index (κ2) is 8.09. The number of aromatic nitrogens is 6. The van der Waals surface area contributed by atoms with Crippen molar-refractivity contribution in [2.45, 2.75) is 33.1 Å². The molecule has 2 N–H and O–H groups in total. The van der Waals surface area contributed by atoms with Crippen molar-refractivity contribution in [1.29, 1.82) is 0 Å². The van der Waals surface area contributed by atoms with Gasteiger partial charge in [-0.3, -0.25) is 0 Å². The van der Waals surface area contributed by atoms with Crippen molar-refractivity contribution in [3.8, 4) is 22.9 Å². The first-order valence-corrected chi connectivity index (χ1v) is 11.6. The summed E-state index contributed by atoms with van der Waals surface area (Å²) in [6, 6.07) is 15.1. The average Bonchev–Trinajstić information content (AvgIpc) is 3.47. The molecule has 0 spiro atoms. The number of hydrogen-bond donors (Lipinski definition) is 2. The molecule has 3 aromatic carbocycles. The summed E-state index contributed by atoms with van der Waals surface area (Å²) in [7, 11) is 0. The number of hydrogen-bond acceptors (Lipinski definition) is 6. The third kappa shape index (κ3) is 3.73. The molecule has 35 heavy (non-hydrogen) atoms. The molecule has 174 valence electrons. The fourth-order valence-electron chi connectivity index (χ4n) is 4.59. The molecule has 1 aliphatic carbocycles. The Morgan fingerprint density at radius 3 is 1.91 bits per heavy atom. The highest BCUT2D eigenvalue weighted by molar-refractivity contribution is 5.74. The van der Waals surface area contributed by atoms with E-state index in [1.54, 1.807) is 0 Å². The van der Waals surface area contributed by atoms with Crippen molar-refractivity contribution in [3.05, 3.63) is 88.2 Å². The summed E-state index contributed by atoms with van der Waals surface area (Å²) in [5.41, 5.74) is 7.54. The van der Waals surface area contributed by atoms with E-state index in [0.717, 1.165) is 46.4 Å². The van der Waals surface area contributed by atoms with Gasteiger partial charge < -0.3 is 10.2 Å². The van der Waals surface area contributed by atoms with Crippen molar-refractivity contribution in [2.24, 2.45) is 0 Å². The molecule has 0 saturated heterocycles. The zero-order valence-electron chi connectivity index (χ0n) is 19.5. The van der Waals surface area contributed by atoms with E-state index in [0.29, 0.717) is 28.9 Å². The summed E-state index contributed by atoms with van der Waals surface area (Å²) < 4.78 is 0. The highest BCUT2D eigenvalue weighted by atomic mass is 16.3. The smallest absolute Gasteiger partial charge is 0.146 e. The maximum Gasteiger partial charge on any atom is 0.146 e. The molecule has 0 saturated carbocycles. The maximum absolute atomic E-state index is 11.2. The number of allylic oxidation sites excluding steroid dienone is 1. The van der Waals surface area contributed by atoms with Crippen LogP contribution in [-0.2, 0) is 12.8 Å². The van der Waals surface area contributed by atoms with Gasteiger partial charge in [-0.15, -0.1) is 24.9 Å². The van der Waals surface area contributed by atoms with Crippen LogP contribution in [0.15, 0.2) is 54.6 Å². The minimum Gasteiger partial charge on any atom is -0.505 e.